The predicted molar refractivity (Wildman–Crippen MR) is 61.6 cm³/mol. The molecule has 2 aromatic rings. The molecule has 1 heterocycles. The van der Waals surface area contributed by atoms with Crippen molar-refractivity contribution in [1.82, 2.24) is 4.98 Å². The molecule has 0 amide bonds. The second-order valence-corrected chi connectivity index (χ2v) is 6.56. The molecule has 1 nitrogen and oxygen atoms in total. The minimum absolute atomic E-state index is 0.120. The van der Waals surface area contributed by atoms with Crippen molar-refractivity contribution in [1.29, 1.82) is 0 Å². The van der Waals surface area contributed by atoms with Crippen LogP contribution in [0.25, 0.3) is 10.9 Å². The molecule has 1 radical (unpaired) electrons. The Bertz CT molecular complexity index is 319. The summed E-state index contributed by atoms with van der Waals surface area (Å²) in [5.41, 5.74) is 1.21. The summed E-state index contributed by atoms with van der Waals surface area (Å²) in [7, 11) is 0.120. The molecule has 0 unspecified atom stereocenters. The van der Waals surface area contributed by atoms with Gasteiger partial charge in [-0.3, -0.25) is 0 Å². The number of rotatable bonds is 0. The lowest BCUT2D eigenvalue weighted by molar-refractivity contribution is 1.48. The molecule has 0 fully saturated rings. The third-order valence-corrected chi connectivity index (χ3v) is 1.46. The van der Waals surface area contributed by atoms with Gasteiger partial charge >= 0.3 is 0 Å². The van der Waals surface area contributed by atoms with Crippen LogP contribution in [0.5, 0.6) is 0 Å². The molecule has 13 heavy (non-hydrogen) atoms. The van der Waals surface area contributed by atoms with Crippen molar-refractivity contribution in [2.24, 2.45) is 0 Å². The number of benzene rings is 1. The van der Waals surface area contributed by atoms with Gasteiger partial charge in [0.05, 0.1) is 0 Å². The lowest BCUT2D eigenvalue weighted by atomic mass is 10.3. The molecule has 0 aliphatic carbocycles. The normalized spacial score (nSPS) is 9.85. The summed E-state index contributed by atoms with van der Waals surface area (Å²) in [4.78, 5) is 3.12. The van der Waals surface area contributed by atoms with Crippen LogP contribution >= 0.6 is 0 Å². The van der Waals surface area contributed by atoms with Crippen LogP contribution in [0.15, 0.2) is 36.5 Å². The van der Waals surface area contributed by atoms with Crippen molar-refractivity contribution >= 4 is 19.7 Å². The molecule has 2 heteroatoms. The number of para-hydroxylation sites is 1. The fourth-order valence-electron chi connectivity index (χ4n) is 0.995. The van der Waals surface area contributed by atoms with Crippen LogP contribution in [0.4, 0.5) is 0 Å². The van der Waals surface area contributed by atoms with E-state index in [1.807, 2.05) is 18.3 Å². The second kappa shape index (κ2) is 4.87. The van der Waals surface area contributed by atoms with E-state index in [2.05, 4.69) is 42.8 Å². The van der Waals surface area contributed by atoms with Crippen LogP contribution in [-0.2, 0) is 0 Å². The summed E-state index contributed by atoms with van der Waals surface area (Å²) < 4.78 is 0. The average molecular weight is 190 g/mol. The van der Waals surface area contributed by atoms with Gasteiger partial charge < -0.3 is 4.98 Å². The summed E-state index contributed by atoms with van der Waals surface area (Å²) in [5, 5.41) is 1.28. The topological polar surface area (TPSA) is 15.8 Å². The van der Waals surface area contributed by atoms with Crippen LogP contribution in [-0.4, -0.2) is 13.8 Å². The van der Waals surface area contributed by atoms with E-state index >= 15 is 0 Å². The van der Waals surface area contributed by atoms with Gasteiger partial charge in [-0.25, -0.2) is 0 Å². The molecule has 0 bridgehead atoms. The lowest BCUT2D eigenvalue weighted by Crippen LogP contribution is -1.84. The summed E-state index contributed by atoms with van der Waals surface area (Å²) in [5.74, 6) is 0. The maximum absolute atomic E-state index is 3.12. The first-order chi connectivity index (χ1) is 6.20. The standard InChI is InChI=1S/C8H7N.C3H9Si/c1-2-4-8-7(3-1)5-6-9-8;1-4(2)3/h1-6,9H;1-3H3. The maximum atomic E-state index is 3.12. The number of aromatic nitrogens is 1. The SMILES string of the molecule is C[Si](C)C.c1ccc2[nH]ccc2c1. The Morgan fingerprint density at radius 3 is 2.23 bits per heavy atom. The zero-order chi connectivity index (χ0) is 9.68. The predicted octanol–water partition coefficient (Wildman–Crippen LogP) is 3.54. The fourth-order valence-corrected chi connectivity index (χ4v) is 0.995. The Kier molecular flexibility index (Phi) is 3.77. The molecular formula is C11H16NSi. The molecule has 1 aromatic heterocycles. The van der Waals surface area contributed by atoms with Crippen LogP contribution in [0.3, 0.4) is 0 Å². The quantitative estimate of drug-likeness (QED) is 0.612. The molecule has 0 saturated heterocycles. The van der Waals surface area contributed by atoms with Crippen molar-refractivity contribution in [2.45, 2.75) is 19.6 Å². The summed E-state index contributed by atoms with van der Waals surface area (Å²) in [6.45, 7) is 6.81. The monoisotopic (exact) mass is 190 g/mol. The van der Waals surface area contributed by atoms with Crippen molar-refractivity contribution < 1.29 is 0 Å². The van der Waals surface area contributed by atoms with Crippen molar-refractivity contribution in [2.75, 3.05) is 0 Å². The Labute approximate surface area is 81.4 Å². The van der Waals surface area contributed by atoms with Gasteiger partial charge in [0.15, 0.2) is 0 Å². The average Bonchev–Trinajstić information content (AvgIpc) is 2.49. The number of hydrogen-bond donors (Lipinski definition) is 1. The lowest BCUT2D eigenvalue weighted by Gasteiger charge is -1.83. The highest BCUT2D eigenvalue weighted by molar-refractivity contribution is 6.54. The van der Waals surface area contributed by atoms with Crippen LogP contribution < -0.4 is 0 Å². The molecule has 69 valence electrons. The highest BCUT2D eigenvalue weighted by atomic mass is 28.3. The number of H-pyrrole nitrogens is 1. The van der Waals surface area contributed by atoms with Gasteiger partial charge in [-0.05, 0) is 17.5 Å². The van der Waals surface area contributed by atoms with Crippen molar-refractivity contribution in [3.05, 3.63) is 36.5 Å². The van der Waals surface area contributed by atoms with Gasteiger partial charge in [0.1, 0.15) is 0 Å². The van der Waals surface area contributed by atoms with Crippen molar-refractivity contribution in [3.8, 4) is 0 Å². The molecule has 0 aliphatic rings. The van der Waals surface area contributed by atoms with Gasteiger partial charge in [-0.15, -0.1) is 0 Å². The number of nitrogens with one attached hydrogen (secondary N) is 1. The zero-order valence-electron chi connectivity index (χ0n) is 8.46. The number of aromatic amines is 1. The van der Waals surface area contributed by atoms with E-state index in [4.69, 9.17) is 0 Å². The Morgan fingerprint density at radius 1 is 1.00 bits per heavy atom. The minimum atomic E-state index is 0.120. The Morgan fingerprint density at radius 2 is 1.62 bits per heavy atom. The Hall–Kier alpha value is -1.02. The van der Waals surface area contributed by atoms with Gasteiger partial charge in [-0.2, -0.15) is 0 Å². The molecule has 0 aliphatic heterocycles. The van der Waals surface area contributed by atoms with E-state index in [1.165, 1.54) is 10.9 Å². The van der Waals surface area contributed by atoms with Crippen LogP contribution in [0, 0.1) is 0 Å². The number of fused-ring (bicyclic) bond motifs is 1. The third kappa shape index (κ3) is 3.47. The van der Waals surface area contributed by atoms with E-state index in [0.29, 0.717) is 0 Å². The second-order valence-electron chi connectivity index (χ2n) is 3.56. The highest BCUT2D eigenvalue weighted by Gasteiger charge is 1.86. The van der Waals surface area contributed by atoms with E-state index in [-0.39, 0.29) is 8.80 Å². The van der Waals surface area contributed by atoms with E-state index in [1.54, 1.807) is 0 Å². The molecule has 0 saturated carbocycles. The third-order valence-electron chi connectivity index (χ3n) is 1.46. The van der Waals surface area contributed by atoms with E-state index in [9.17, 15) is 0 Å². The summed E-state index contributed by atoms with van der Waals surface area (Å²) in [6.07, 6.45) is 1.95. The van der Waals surface area contributed by atoms with Gasteiger partial charge in [0, 0.05) is 20.5 Å². The summed E-state index contributed by atoms with van der Waals surface area (Å²) >= 11 is 0. The fraction of sp³-hybridized carbons (Fsp3) is 0.273. The smallest absolute Gasteiger partial charge is 0.0453 e. The first-order valence-electron chi connectivity index (χ1n) is 4.49. The molecule has 0 atom stereocenters. The summed E-state index contributed by atoms with van der Waals surface area (Å²) in [6, 6.07) is 10.3. The van der Waals surface area contributed by atoms with Crippen LogP contribution in [0.2, 0.25) is 19.6 Å². The first kappa shape index (κ1) is 10.1. The molecule has 1 N–H and O–H groups in total. The van der Waals surface area contributed by atoms with Crippen molar-refractivity contribution in [3.63, 3.8) is 0 Å². The molecule has 0 spiro atoms. The van der Waals surface area contributed by atoms with Crippen LogP contribution in [0.1, 0.15) is 0 Å². The van der Waals surface area contributed by atoms with Gasteiger partial charge in [0.2, 0.25) is 0 Å². The molecule has 2 rings (SSSR count). The Balaban J connectivity index is 0.000000184. The van der Waals surface area contributed by atoms with E-state index < -0.39 is 0 Å². The minimum Gasteiger partial charge on any atom is -0.361 e. The maximum Gasteiger partial charge on any atom is 0.0453 e. The highest BCUT2D eigenvalue weighted by Crippen LogP contribution is 2.09. The van der Waals surface area contributed by atoms with Gasteiger partial charge in [-0.1, -0.05) is 37.8 Å². The van der Waals surface area contributed by atoms with Gasteiger partial charge in [0.25, 0.3) is 0 Å². The largest absolute Gasteiger partial charge is 0.361 e. The molecular weight excluding hydrogens is 174 g/mol. The zero-order valence-corrected chi connectivity index (χ0v) is 9.46. The number of hydrogen-bond acceptors (Lipinski definition) is 0. The van der Waals surface area contributed by atoms with E-state index in [0.717, 1.165) is 0 Å². The first-order valence-corrected chi connectivity index (χ1v) is 7.49. The molecule has 1 aromatic carbocycles.